The molecular weight excluding hydrogens is 456 g/mol. The predicted octanol–water partition coefficient (Wildman–Crippen LogP) is 4.31. The zero-order valence-corrected chi connectivity index (χ0v) is 18.7. The number of carbonyl (C=O) groups is 3. The third-order valence-electron chi connectivity index (χ3n) is 6.25. The van der Waals surface area contributed by atoms with Crippen molar-refractivity contribution in [3.63, 3.8) is 0 Å². The number of halogens is 2. The van der Waals surface area contributed by atoms with Crippen LogP contribution in [-0.4, -0.2) is 45.5 Å². The van der Waals surface area contributed by atoms with E-state index in [2.05, 4.69) is 0 Å². The molecule has 180 valence electrons. The number of nitrogens with zero attached hydrogens (tertiary/aromatic N) is 1. The van der Waals surface area contributed by atoms with Crippen molar-refractivity contribution in [1.29, 1.82) is 0 Å². The van der Waals surface area contributed by atoms with Gasteiger partial charge in [0, 0.05) is 12.1 Å². The summed E-state index contributed by atoms with van der Waals surface area (Å²) in [6, 6.07) is 16.3. The quantitative estimate of drug-likeness (QED) is 0.446. The maximum absolute atomic E-state index is 14.0. The fourth-order valence-electron chi connectivity index (χ4n) is 4.28. The van der Waals surface area contributed by atoms with Gasteiger partial charge in [-0.05, 0) is 60.7 Å². The van der Waals surface area contributed by atoms with Crippen LogP contribution in [-0.2, 0) is 11.2 Å². The van der Waals surface area contributed by atoms with E-state index in [-0.39, 0.29) is 36.1 Å². The lowest BCUT2D eigenvalue weighted by atomic mass is 9.93. The van der Waals surface area contributed by atoms with E-state index in [9.17, 15) is 33.4 Å². The first kappa shape index (κ1) is 24.2. The van der Waals surface area contributed by atoms with Crippen LogP contribution in [0.4, 0.5) is 8.78 Å². The molecule has 0 aromatic heterocycles. The summed E-state index contributed by atoms with van der Waals surface area (Å²) in [5.41, 5.74) is 1.98. The molecule has 1 aliphatic heterocycles. The van der Waals surface area contributed by atoms with E-state index in [0.29, 0.717) is 12.0 Å². The number of benzene rings is 3. The Hall–Kier alpha value is -3.91. The number of rotatable bonds is 9. The Balaban J connectivity index is 1.36. The molecule has 2 N–H and O–H groups in total. The Morgan fingerprint density at radius 3 is 2.09 bits per heavy atom. The predicted molar refractivity (Wildman–Crippen MR) is 124 cm³/mol. The molecule has 0 saturated carbocycles. The zero-order chi connectivity index (χ0) is 25.1. The Kier molecular flexibility index (Phi) is 7.02. The molecule has 4 rings (SSSR count). The molecule has 0 radical (unpaired) electrons. The molecule has 0 bridgehead atoms. The minimum Gasteiger partial charge on any atom is -0.481 e. The average molecular weight is 479 g/mol. The van der Waals surface area contributed by atoms with Crippen LogP contribution in [0.2, 0.25) is 0 Å². The third kappa shape index (κ3) is 5.12. The van der Waals surface area contributed by atoms with Crippen LogP contribution in [0.1, 0.15) is 39.1 Å². The molecule has 0 spiro atoms. The van der Waals surface area contributed by atoms with Crippen molar-refractivity contribution in [1.82, 2.24) is 4.90 Å². The van der Waals surface area contributed by atoms with Crippen LogP contribution < -0.4 is 0 Å². The van der Waals surface area contributed by atoms with Crippen LogP contribution in [0.25, 0.3) is 11.1 Å². The van der Waals surface area contributed by atoms with Crippen molar-refractivity contribution >= 4 is 17.8 Å². The standard InChI is InChI=1S/C27H23F2NO5/c28-18-10-11-23(29)22(15-18)17-8-5-16(6-9-17)7-12-24(31)21(27(34)35)13-14-30-25(32)19-3-1-2-4-20(19)26(30)33/h1-6,8-11,15,21,24,31H,7,12-14H2,(H,34,35). The van der Waals surface area contributed by atoms with Crippen molar-refractivity contribution in [2.24, 2.45) is 5.92 Å². The van der Waals surface area contributed by atoms with E-state index >= 15 is 0 Å². The number of carboxylic acids is 1. The van der Waals surface area contributed by atoms with Gasteiger partial charge in [-0.15, -0.1) is 0 Å². The summed E-state index contributed by atoms with van der Waals surface area (Å²) in [4.78, 5) is 37.8. The van der Waals surface area contributed by atoms with E-state index in [1.54, 1.807) is 48.5 Å². The van der Waals surface area contributed by atoms with Crippen molar-refractivity contribution in [3.8, 4) is 11.1 Å². The van der Waals surface area contributed by atoms with Crippen LogP contribution in [0.15, 0.2) is 66.7 Å². The van der Waals surface area contributed by atoms with Crippen molar-refractivity contribution in [2.45, 2.75) is 25.4 Å². The summed E-state index contributed by atoms with van der Waals surface area (Å²) in [5.74, 6) is -4.42. The van der Waals surface area contributed by atoms with Gasteiger partial charge in [-0.1, -0.05) is 36.4 Å². The molecule has 0 fully saturated rings. The molecule has 6 nitrogen and oxygen atoms in total. The molecule has 3 aromatic rings. The number of imide groups is 1. The number of aliphatic hydroxyl groups is 1. The highest BCUT2D eigenvalue weighted by atomic mass is 19.1. The fraction of sp³-hybridized carbons (Fsp3) is 0.222. The minimum absolute atomic E-state index is 0.0836. The molecule has 1 aliphatic rings. The lowest BCUT2D eigenvalue weighted by Crippen LogP contribution is -2.36. The maximum Gasteiger partial charge on any atom is 0.309 e. The van der Waals surface area contributed by atoms with Gasteiger partial charge >= 0.3 is 5.97 Å². The summed E-state index contributed by atoms with van der Waals surface area (Å²) in [5, 5.41) is 20.2. The highest BCUT2D eigenvalue weighted by Crippen LogP contribution is 2.26. The van der Waals surface area contributed by atoms with Crippen LogP contribution in [0.3, 0.4) is 0 Å². The van der Waals surface area contributed by atoms with Crippen molar-refractivity contribution in [3.05, 3.63) is 95.1 Å². The van der Waals surface area contributed by atoms with Gasteiger partial charge in [0.2, 0.25) is 0 Å². The summed E-state index contributed by atoms with van der Waals surface area (Å²) < 4.78 is 27.4. The second kappa shape index (κ2) is 10.1. The maximum atomic E-state index is 14.0. The number of aliphatic hydroxyl groups excluding tert-OH is 1. The highest BCUT2D eigenvalue weighted by molar-refractivity contribution is 6.21. The lowest BCUT2D eigenvalue weighted by molar-refractivity contribution is -0.146. The number of aliphatic carboxylic acids is 1. The monoisotopic (exact) mass is 479 g/mol. The van der Waals surface area contributed by atoms with Gasteiger partial charge in [0.15, 0.2) is 0 Å². The Bertz CT molecular complexity index is 1240. The van der Waals surface area contributed by atoms with Crippen LogP contribution in [0, 0.1) is 17.6 Å². The van der Waals surface area contributed by atoms with Crippen LogP contribution >= 0.6 is 0 Å². The number of carboxylic acid groups (broad SMARTS) is 1. The molecule has 35 heavy (non-hydrogen) atoms. The molecule has 8 heteroatoms. The first-order valence-corrected chi connectivity index (χ1v) is 11.2. The van der Waals surface area contributed by atoms with Gasteiger partial charge in [-0.2, -0.15) is 0 Å². The van der Waals surface area contributed by atoms with Gasteiger partial charge in [0.25, 0.3) is 11.8 Å². The lowest BCUT2D eigenvalue weighted by Gasteiger charge is -2.22. The summed E-state index contributed by atoms with van der Waals surface area (Å²) in [6.45, 7) is -0.117. The van der Waals surface area contributed by atoms with Gasteiger partial charge in [0.1, 0.15) is 11.6 Å². The molecule has 2 amide bonds. The number of hydrogen-bond donors (Lipinski definition) is 2. The van der Waals surface area contributed by atoms with E-state index < -0.39 is 41.4 Å². The van der Waals surface area contributed by atoms with Gasteiger partial charge in [-0.3, -0.25) is 19.3 Å². The fourth-order valence-corrected chi connectivity index (χ4v) is 4.28. The summed E-state index contributed by atoms with van der Waals surface area (Å²) in [7, 11) is 0. The van der Waals surface area contributed by atoms with Crippen LogP contribution in [0.5, 0.6) is 0 Å². The van der Waals surface area contributed by atoms with E-state index in [0.717, 1.165) is 28.7 Å². The average Bonchev–Trinajstić information content (AvgIpc) is 3.09. The molecular formula is C27H23F2NO5. The molecule has 0 saturated heterocycles. The van der Waals surface area contributed by atoms with Crippen molar-refractivity contribution in [2.75, 3.05) is 6.54 Å². The summed E-state index contributed by atoms with van der Waals surface area (Å²) >= 11 is 0. The normalized spacial score (nSPS) is 14.7. The number of fused-ring (bicyclic) bond motifs is 1. The topological polar surface area (TPSA) is 94.9 Å². The molecule has 2 atom stereocenters. The third-order valence-corrected chi connectivity index (χ3v) is 6.25. The van der Waals surface area contributed by atoms with Gasteiger partial charge in [0.05, 0.1) is 23.1 Å². The van der Waals surface area contributed by atoms with E-state index in [1.165, 1.54) is 0 Å². The minimum atomic E-state index is -1.22. The number of amides is 2. The number of hydrogen-bond acceptors (Lipinski definition) is 4. The second-order valence-corrected chi connectivity index (χ2v) is 8.47. The first-order valence-electron chi connectivity index (χ1n) is 11.2. The van der Waals surface area contributed by atoms with E-state index in [1.807, 2.05) is 0 Å². The molecule has 3 aromatic carbocycles. The van der Waals surface area contributed by atoms with Gasteiger partial charge in [-0.25, -0.2) is 8.78 Å². The molecule has 0 aliphatic carbocycles. The largest absolute Gasteiger partial charge is 0.481 e. The smallest absolute Gasteiger partial charge is 0.309 e. The molecule has 2 unspecified atom stereocenters. The number of aryl methyl sites for hydroxylation is 1. The SMILES string of the molecule is O=C(O)C(CCN1C(=O)c2ccccc2C1=O)C(O)CCc1ccc(-c2cc(F)ccc2F)cc1. The highest BCUT2D eigenvalue weighted by Gasteiger charge is 2.36. The van der Waals surface area contributed by atoms with E-state index in [4.69, 9.17) is 0 Å². The Morgan fingerprint density at radius 2 is 1.49 bits per heavy atom. The molecule has 1 heterocycles. The first-order chi connectivity index (χ1) is 16.8. The van der Waals surface area contributed by atoms with Gasteiger partial charge < -0.3 is 10.2 Å². The van der Waals surface area contributed by atoms with Crippen molar-refractivity contribution < 1.29 is 33.4 Å². The zero-order valence-electron chi connectivity index (χ0n) is 18.7. The Morgan fingerprint density at radius 1 is 0.857 bits per heavy atom. The Labute approximate surface area is 200 Å². The number of carbonyl (C=O) groups excluding carboxylic acids is 2. The summed E-state index contributed by atoms with van der Waals surface area (Å²) in [6.07, 6.45) is -0.806. The second-order valence-electron chi connectivity index (χ2n) is 8.47.